The van der Waals surface area contributed by atoms with Crippen molar-refractivity contribution in [3.8, 4) is 0 Å². The van der Waals surface area contributed by atoms with E-state index in [1.807, 2.05) is 17.0 Å². The van der Waals surface area contributed by atoms with Gasteiger partial charge in [0.2, 0.25) is 0 Å². The lowest BCUT2D eigenvalue weighted by molar-refractivity contribution is 0.956. The van der Waals surface area contributed by atoms with Crippen molar-refractivity contribution in [2.45, 2.75) is 12.8 Å². The molecule has 0 spiro atoms. The van der Waals surface area contributed by atoms with Crippen molar-refractivity contribution in [1.29, 1.82) is 5.41 Å². The van der Waals surface area contributed by atoms with Gasteiger partial charge >= 0.3 is 0 Å². The summed E-state index contributed by atoms with van der Waals surface area (Å²) in [6, 6.07) is 5.38. The Morgan fingerprint density at radius 1 is 1.14 bits per heavy atom. The minimum Gasteiger partial charge on any atom is -0.330 e. The Kier molecular flexibility index (Phi) is 2.66. The zero-order valence-electron chi connectivity index (χ0n) is 7.56. The lowest BCUT2D eigenvalue weighted by Gasteiger charge is -2.18. The van der Waals surface area contributed by atoms with Gasteiger partial charge in [-0.2, -0.15) is 0 Å². The Bertz CT molecular complexity index is 356. The first-order chi connectivity index (χ1) is 6.66. The van der Waals surface area contributed by atoms with Gasteiger partial charge in [0, 0.05) is 28.7 Å². The molecule has 0 radical (unpaired) electrons. The number of nitrogens with one attached hydrogen (secondary N) is 1. The molecule has 1 aliphatic rings. The van der Waals surface area contributed by atoms with E-state index in [0.29, 0.717) is 15.9 Å². The molecular formula is C10H10Cl2N2. The average molecular weight is 229 g/mol. The zero-order chi connectivity index (χ0) is 10.1. The van der Waals surface area contributed by atoms with Crippen LogP contribution in [0.1, 0.15) is 12.8 Å². The normalized spacial score (nSPS) is 16.4. The first kappa shape index (κ1) is 9.81. The second kappa shape index (κ2) is 3.79. The summed E-state index contributed by atoms with van der Waals surface area (Å²) in [4.78, 5) is 1.94. The summed E-state index contributed by atoms with van der Waals surface area (Å²) in [7, 11) is 0. The minimum atomic E-state index is 0.618. The highest BCUT2D eigenvalue weighted by Crippen LogP contribution is 2.28. The number of amidine groups is 1. The van der Waals surface area contributed by atoms with Crippen LogP contribution in [0.25, 0.3) is 0 Å². The molecule has 0 atom stereocenters. The molecule has 2 rings (SSSR count). The fourth-order valence-corrected chi connectivity index (χ4v) is 2.17. The summed E-state index contributed by atoms with van der Waals surface area (Å²) in [5.74, 6) is 0.642. The van der Waals surface area contributed by atoms with E-state index in [-0.39, 0.29) is 0 Å². The van der Waals surface area contributed by atoms with Crippen LogP contribution in [0.3, 0.4) is 0 Å². The molecule has 4 heteroatoms. The molecule has 1 N–H and O–H groups in total. The van der Waals surface area contributed by atoms with Gasteiger partial charge in [-0.05, 0) is 24.6 Å². The standard InChI is InChI=1S/C10H10Cl2N2/c11-7-4-8(12)6-9(5-7)14-3-1-2-10(14)13/h4-6,13H,1-3H2. The Morgan fingerprint density at radius 3 is 2.29 bits per heavy atom. The van der Waals surface area contributed by atoms with Crippen LogP contribution in [0.5, 0.6) is 0 Å². The molecule has 1 aliphatic heterocycles. The highest BCUT2D eigenvalue weighted by Gasteiger charge is 2.18. The third kappa shape index (κ3) is 1.86. The van der Waals surface area contributed by atoms with Gasteiger partial charge in [-0.1, -0.05) is 23.2 Å². The molecule has 0 bridgehead atoms. The van der Waals surface area contributed by atoms with Crippen LogP contribution in [0.2, 0.25) is 10.0 Å². The average Bonchev–Trinajstić information content (AvgIpc) is 2.49. The van der Waals surface area contributed by atoms with Gasteiger partial charge in [-0.25, -0.2) is 0 Å². The van der Waals surface area contributed by atoms with Crippen LogP contribution < -0.4 is 4.90 Å². The van der Waals surface area contributed by atoms with E-state index in [9.17, 15) is 0 Å². The monoisotopic (exact) mass is 228 g/mol. The van der Waals surface area contributed by atoms with Crippen molar-refractivity contribution >= 4 is 34.7 Å². The van der Waals surface area contributed by atoms with E-state index in [4.69, 9.17) is 28.6 Å². The third-order valence-corrected chi connectivity index (χ3v) is 2.72. The summed E-state index contributed by atoms with van der Waals surface area (Å²) in [6.45, 7) is 0.884. The maximum atomic E-state index is 7.72. The number of nitrogens with zero attached hydrogens (tertiary/aromatic N) is 1. The predicted octanol–water partition coefficient (Wildman–Crippen LogP) is 3.57. The van der Waals surface area contributed by atoms with Crippen molar-refractivity contribution in [2.75, 3.05) is 11.4 Å². The molecule has 0 aliphatic carbocycles. The fourth-order valence-electron chi connectivity index (χ4n) is 1.65. The van der Waals surface area contributed by atoms with Crippen LogP contribution in [0, 0.1) is 5.41 Å². The van der Waals surface area contributed by atoms with Gasteiger partial charge in [0.05, 0.1) is 0 Å². The van der Waals surface area contributed by atoms with Crippen LogP contribution in [-0.4, -0.2) is 12.4 Å². The second-order valence-corrected chi connectivity index (χ2v) is 4.20. The topological polar surface area (TPSA) is 27.1 Å². The Labute approximate surface area is 92.9 Å². The van der Waals surface area contributed by atoms with Crippen LogP contribution in [0.15, 0.2) is 18.2 Å². The van der Waals surface area contributed by atoms with E-state index in [0.717, 1.165) is 25.1 Å². The van der Waals surface area contributed by atoms with E-state index >= 15 is 0 Å². The van der Waals surface area contributed by atoms with Gasteiger partial charge in [-0.3, -0.25) is 5.41 Å². The van der Waals surface area contributed by atoms with Crippen molar-refractivity contribution in [1.82, 2.24) is 0 Å². The molecule has 0 aromatic heterocycles. The molecule has 14 heavy (non-hydrogen) atoms. The van der Waals surface area contributed by atoms with E-state index in [1.54, 1.807) is 6.07 Å². The molecule has 1 fully saturated rings. The van der Waals surface area contributed by atoms with Gasteiger partial charge in [-0.15, -0.1) is 0 Å². The summed E-state index contributed by atoms with van der Waals surface area (Å²) >= 11 is 11.8. The van der Waals surface area contributed by atoms with Crippen molar-refractivity contribution < 1.29 is 0 Å². The SMILES string of the molecule is N=C1CCCN1c1cc(Cl)cc(Cl)c1. The number of anilines is 1. The van der Waals surface area contributed by atoms with Gasteiger partial charge in [0.15, 0.2) is 0 Å². The number of halogens is 2. The van der Waals surface area contributed by atoms with Crippen molar-refractivity contribution in [3.05, 3.63) is 28.2 Å². The van der Waals surface area contributed by atoms with Crippen molar-refractivity contribution in [2.24, 2.45) is 0 Å². The van der Waals surface area contributed by atoms with E-state index < -0.39 is 0 Å². The first-order valence-electron chi connectivity index (χ1n) is 4.48. The molecule has 0 saturated carbocycles. The molecule has 0 unspecified atom stereocenters. The number of benzene rings is 1. The Hall–Kier alpha value is -0.730. The molecule has 1 saturated heterocycles. The zero-order valence-corrected chi connectivity index (χ0v) is 9.07. The van der Waals surface area contributed by atoms with Crippen LogP contribution in [0.4, 0.5) is 5.69 Å². The molecule has 0 amide bonds. The Balaban J connectivity index is 2.35. The smallest absolute Gasteiger partial charge is 0.100 e. The molecule has 1 heterocycles. The second-order valence-electron chi connectivity index (χ2n) is 3.33. The van der Waals surface area contributed by atoms with E-state index in [2.05, 4.69) is 0 Å². The third-order valence-electron chi connectivity index (χ3n) is 2.28. The number of rotatable bonds is 1. The molecule has 1 aromatic rings. The largest absolute Gasteiger partial charge is 0.330 e. The van der Waals surface area contributed by atoms with Crippen LogP contribution >= 0.6 is 23.2 Å². The quantitative estimate of drug-likeness (QED) is 0.782. The summed E-state index contributed by atoms with van der Waals surface area (Å²) in [5, 5.41) is 8.96. The van der Waals surface area contributed by atoms with Gasteiger partial charge in [0.25, 0.3) is 0 Å². The van der Waals surface area contributed by atoms with Crippen molar-refractivity contribution in [3.63, 3.8) is 0 Å². The molecule has 2 nitrogen and oxygen atoms in total. The van der Waals surface area contributed by atoms with Gasteiger partial charge in [0.1, 0.15) is 5.84 Å². The maximum absolute atomic E-state index is 7.72. The fraction of sp³-hybridized carbons (Fsp3) is 0.300. The maximum Gasteiger partial charge on any atom is 0.100 e. The first-order valence-corrected chi connectivity index (χ1v) is 5.23. The number of hydrogen-bond donors (Lipinski definition) is 1. The number of hydrogen-bond acceptors (Lipinski definition) is 1. The van der Waals surface area contributed by atoms with E-state index in [1.165, 1.54) is 0 Å². The Morgan fingerprint density at radius 2 is 1.79 bits per heavy atom. The highest BCUT2D eigenvalue weighted by atomic mass is 35.5. The summed E-state index contributed by atoms with van der Waals surface area (Å²) < 4.78 is 0. The lowest BCUT2D eigenvalue weighted by Crippen LogP contribution is -2.22. The molecule has 1 aromatic carbocycles. The predicted molar refractivity (Wildman–Crippen MR) is 60.8 cm³/mol. The minimum absolute atomic E-state index is 0.618. The molecular weight excluding hydrogens is 219 g/mol. The summed E-state index contributed by atoms with van der Waals surface area (Å²) in [6.07, 6.45) is 1.87. The summed E-state index contributed by atoms with van der Waals surface area (Å²) in [5.41, 5.74) is 0.921. The van der Waals surface area contributed by atoms with Gasteiger partial charge < -0.3 is 4.90 Å². The highest BCUT2D eigenvalue weighted by molar-refractivity contribution is 6.35. The van der Waals surface area contributed by atoms with Crippen LogP contribution in [-0.2, 0) is 0 Å². The lowest BCUT2D eigenvalue weighted by atomic mass is 10.3. The molecule has 74 valence electrons.